The van der Waals surface area contributed by atoms with E-state index in [0.29, 0.717) is 17.6 Å². The number of pyridine rings is 1. The van der Waals surface area contributed by atoms with E-state index < -0.39 is 0 Å². The van der Waals surface area contributed by atoms with Gasteiger partial charge in [-0.3, -0.25) is 14.7 Å². The second-order valence-electron chi connectivity index (χ2n) is 7.11. The Morgan fingerprint density at radius 3 is 3.00 bits per heavy atom. The molecule has 0 saturated carbocycles. The van der Waals surface area contributed by atoms with E-state index in [2.05, 4.69) is 27.3 Å². The van der Waals surface area contributed by atoms with Gasteiger partial charge in [-0.2, -0.15) is 0 Å². The number of ether oxygens (including phenoxy) is 1. The molecule has 1 saturated heterocycles. The van der Waals surface area contributed by atoms with Crippen molar-refractivity contribution >= 4 is 22.4 Å². The molecular weight excluding hydrogens is 384 g/mol. The zero-order chi connectivity index (χ0) is 20.1. The van der Waals surface area contributed by atoms with Crippen LogP contribution in [0.25, 0.3) is 11.3 Å². The second-order valence-corrected chi connectivity index (χ2v) is 8.00. The van der Waals surface area contributed by atoms with E-state index in [0.717, 1.165) is 48.6 Å². The fourth-order valence-electron chi connectivity index (χ4n) is 3.77. The minimum Gasteiger partial charge on any atom is -0.496 e. The molecule has 1 amide bonds. The van der Waals surface area contributed by atoms with Crippen molar-refractivity contribution in [1.82, 2.24) is 14.9 Å². The van der Waals surface area contributed by atoms with Gasteiger partial charge in [0.15, 0.2) is 5.13 Å². The number of benzene rings is 1. The van der Waals surface area contributed by atoms with Crippen molar-refractivity contribution in [3.05, 3.63) is 59.7 Å². The lowest BCUT2D eigenvalue weighted by Gasteiger charge is -2.32. The Morgan fingerprint density at radius 2 is 2.17 bits per heavy atom. The summed E-state index contributed by atoms with van der Waals surface area (Å²) < 4.78 is 5.49. The van der Waals surface area contributed by atoms with E-state index in [1.54, 1.807) is 13.3 Å². The monoisotopic (exact) mass is 408 g/mol. The van der Waals surface area contributed by atoms with Gasteiger partial charge in [-0.1, -0.05) is 18.2 Å². The van der Waals surface area contributed by atoms with Crippen LogP contribution in [-0.2, 0) is 4.79 Å². The molecule has 1 N–H and O–H groups in total. The van der Waals surface area contributed by atoms with Gasteiger partial charge in [0.1, 0.15) is 5.75 Å². The molecule has 0 aliphatic carbocycles. The molecule has 0 unspecified atom stereocenters. The molecule has 1 aromatic carbocycles. The summed E-state index contributed by atoms with van der Waals surface area (Å²) in [6.07, 6.45) is 3.82. The highest BCUT2D eigenvalue weighted by atomic mass is 32.1. The molecule has 1 aliphatic rings. The maximum Gasteiger partial charge on any atom is 0.240 e. The van der Waals surface area contributed by atoms with Crippen LogP contribution in [-0.4, -0.2) is 47.5 Å². The van der Waals surface area contributed by atoms with Crippen molar-refractivity contribution in [2.45, 2.75) is 18.8 Å². The summed E-state index contributed by atoms with van der Waals surface area (Å²) in [5, 5.41) is 5.37. The maximum absolute atomic E-state index is 12.3. The van der Waals surface area contributed by atoms with Crippen molar-refractivity contribution < 1.29 is 9.53 Å². The summed E-state index contributed by atoms with van der Waals surface area (Å²) in [5.41, 5.74) is 2.98. The molecule has 6 nitrogen and oxygen atoms in total. The number of thiazole rings is 1. The highest BCUT2D eigenvalue weighted by Gasteiger charge is 2.24. The van der Waals surface area contributed by atoms with E-state index in [1.807, 2.05) is 35.7 Å². The van der Waals surface area contributed by atoms with Crippen LogP contribution >= 0.6 is 11.3 Å². The normalized spacial score (nSPS) is 17.1. The molecule has 3 aromatic rings. The van der Waals surface area contributed by atoms with E-state index in [-0.39, 0.29) is 5.91 Å². The predicted octanol–water partition coefficient (Wildman–Crippen LogP) is 4.03. The van der Waals surface area contributed by atoms with Crippen molar-refractivity contribution in [3.8, 4) is 17.0 Å². The topological polar surface area (TPSA) is 67.3 Å². The zero-order valence-corrected chi connectivity index (χ0v) is 17.2. The Hall–Kier alpha value is -2.77. The number of piperidine rings is 1. The Morgan fingerprint density at radius 1 is 1.28 bits per heavy atom. The number of anilines is 1. The van der Waals surface area contributed by atoms with Crippen LogP contribution in [0.3, 0.4) is 0 Å². The van der Waals surface area contributed by atoms with Gasteiger partial charge in [0.2, 0.25) is 5.91 Å². The molecule has 1 atom stereocenters. The molecule has 4 rings (SSSR count). The Labute approximate surface area is 174 Å². The van der Waals surface area contributed by atoms with Crippen molar-refractivity contribution in [2.75, 3.05) is 32.1 Å². The summed E-state index contributed by atoms with van der Waals surface area (Å²) in [7, 11) is 1.68. The number of hydrogen-bond donors (Lipinski definition) is 1. The van der Waals surface area contributed by atoms with E-state index in [4.69, 9.17) is 9.72 Å². The van der Waals surface area contributed by atoms with Crippen molar-refractivity contribution in [2.24, 2.45) is 0 Å². The lowest BCUT2D eigenvalue weighted by molar-refractivity contribution is -0.117. The Balaban J connectivity index is 1.45. The highest BCUT2D eigenvalue weighted by Crippen LogP contribution is 2.31. The molecule has 0 radical (unpaired) electrons. The summed E-state index contributed by atoms with van der Waals surface area (Å²) >= 11 is 1.43. The van der Waals surface area contributed by atoms with Gasteiger partial charge in [-0.25, -0.2) is 4.98 Å². The SMILES string of the molecule is COc1ccccc1-c1cccc([C@@H]2CCCN(CC(=O)Nc3nccs3)C2)n1. The van der Waals surface area contributed by atoms with Crippen molar-refractivity contribution in [1.29, 1.82) is 0 Å². The number of carbonyl (C=O) groups excluding carboxylic acids is 1. The minimum absolute atomic E-state index is 0.0173. The molecule has 0 spiro atoms. The number of nitrogens with zero attached hydrogens (tertiary/aromatic N) is 3. The fraction of sp³-hybridized carbons (Fsp3) is 0.318. The lowest BCUT2D eigenvalue weighted by atomic mass is 9.93. The average Bonchev–Trinajstić information content (AvgIpc) is 3.27. The molecule has 29 heavy (non-hydrogen) atoms. The third kappa shape index (κ3) is 4.81. The van der Waals surface area contributed by atoms with Crippen LogP contribution in [0.1, 0.15) is 24.5 Å². The van der Waals surface area contributed by atoms with E-state index in [1.165, 1.54) is 11.3 Å². The first-order valence-electron chi connectivity index (χ1n) is 9.75. The van der Waals surface area contributed by atoms with Crippen LogP contribution in [0.2, 0.25) is 0 Å². The maximum atomic E-state index is 12.3. The molecule has 3 heterocycles. The van der Waals surface area contributed by atoms with Gasteiger partial charge in [0.25, 0.3) is 0 Å². The predicted molar refractivity (Wildman–Crippen MR) is 115 cm³/mol. The quantitative estimate of drug-likeness (QED) is 0.667. The van der Waals surface area contributed by atoms with Crippen LogP contribution in [0, 0.1) is 0 Å². The molecule has 2 aromatic heterocycles. The molecule has 0 bridgehead atoms. The summed E-state index contributed by atoms with van der Waals surface area (Å²) in [6.45, 7) is 2.13. The van der Waals surface area contributed by atoms with Gasteiger partial charge in [0.05, 0.1) is 19.3 Å². The first-order valence-corrected chi connectivity index (χ1v) is 10.6. The van der Waals surface area contributed by atoms with Gasteiger partial charge in [0, 0.05) is 35.3 Å². The van der Waals surface area contributed by atoms with Gasteiger partial charge in [-0.05, 0) is 43.7 Å². The summed E-state index contributed by atoms with van der Waals surface area (Å²) in [5.74, 6) is 1.11. The van der Waals surface area contributed by atoms with Crippen LogP contribution in [0.15, 0.2) is 54.0 Å². The molecular formula is C22H24N4O2S. The zero-order valence-electron chi connectivity index (χ0n) is 16.4. The average molecular weight is 409 g/mol. The van der Waals surface area contributed by atoms with E-state index >= 15 is 0 Å². The number of amides is 1. The number of aromatic nitrogens is 2. The second kappa shape index (κ2) is 9.15. The smallest absolute Gasteiger partial charge is 0.240 e. The Bertz CT molecular complexity index is 961. The largest absolute Gasteiger partial charge is 0.496 e. The number of hydrogen-bond acceptors (Lipinski definition) is 6. The summed E-state index contributed by atoms with van der Waals surface area (Å²) in [6, 6.07) is 14.1. The third-order valence-electron chi connectivity index (χ3n) is 5.12. The van der Waals surface area contributed by atoms with Crippen LogP contribution in [0.5, 0.6) is 5.75 Å². The molecule has 7 heteroatoms. The third-order valence-corrected chi connectivity index (χ3v) is 5.81. The standard InChI is InChI=1S/C22H24N4O2S/c1-28-20-10-3-2-7-17(20)19-9-4-8-18(24-19)16-6-5-12-26(14-16)15-21(27)25-22-23-11-13-29-22/h2-4,7-11,13,16H,5-6,12,14-15H2,1H3,(H,23,25,27)/t16-/m1/s1. The van der Waals surface area contributed by atoms with Gasteiger partial charge < -0.3 is 10.1 Å². The van der Waals surface area contributed by atoms with E-state index in [9.17, 15) is 4.79 Å². The van der Waals surface area contributed by atoms with Crippen LogP contribution < -0.4 is 10.1 Å². The molecule has 150 valence electrons. The fourth-order valence-corrected chi connectivity index (χ4v) is 4.32. The minimum atomic E-state index is -0.0173. The van der Waals surface area contributed by atoms with Gasteiger partial charge in [-0.15, -0.1) is 11.3 Å². The first-order chi connectivity index (χ1) is 14.2. The number of rotatable bonds is 6. The highest BCUT2D eigenvalue weighted by molar-refractivity contribution is 7.13. The molecule has 1 fully saturated rings. The van der Waals surface area contributed by atoms with Crippen molar-refractivity contribution in [3.63, 3.8) is 0 Å². The summed E-state index contributed by atoms with van der Waals surface area (Å²) in [4.78, 5) is 23.6. The van der Waals surface area contributed by atoms with Crippen LogP contribution in [0.4, 0.5) is 5.13 Å². The number of likely N-dealkylation sites (tertiary alicyclic amines) is 1. The number of carbonyl (C=O) groups is 1. The first kappa shape index (κ1) is 19.5. The lowest BCUT2D eigenvalue weighted by Crippen LogP contribution is -2.40. The molecule has 1 aliphatic heterocycles. The number of methoxy groups -OCH3 is 1. The van der Waals surface area contributed by atoms with Gasteiger partial charge >= 0.3 is 0 Å². The number of nitrogens with one attached hydrogen (secondary N) is 1. The number of para-hydroxylation sites is 1. The Kier molecular flexibility index (Phi) is 6.17.